The zero-order valence-electron chi connectivity index (χ0n) is 12.3. The highest BCUT2D eigenvalue weighted by Crippen LogP contribution is 2.33. The van der Waals surface area contributed by atoms with Gasteiger partial charge in [0.2, 0.25) is 0 Å². The topological polar surface area (TPSA) is 44.1 Å². The van der Waals surface area contributed by atoms with Crippen LogP contribution in [0, 0.1) is 0 Å². The fraction of sp³-hybridized carbons (Fsp3) is 0.176. The third-order valence-corrected chi connectivity index (χ3v) is 3.96. The molecule has 0 amide bonds. The minimum Gasteiger partial charge on any atom is -0.406 e. The van der Waals surface area contributed by atoms with Gasteiger partial charge >= 0.3 is 6.36 Å². The predicted octanol–water partition coefficient (Wildman–Crippen LogP) is 4.19. The van der Waals surface area contributed by atoms with Gasteiger partial charge in [-0.3, -0.25) is 4.79 Å². The monoisotopic (exact) mass is 332 g/mol. The summed E-state index contributed by atoms with van der Waals surface area (Å²) in [6, 6.07) is 11.0. The maximum absolute atomic E-state index is 12.4. The quantitative estimate of drug-likeness (QED) is 0.707. The molecule has 4 nitrogen and oxygen atoms in total. The molecule has 7 heteroatoms. The normalized spacial score (nSPS) is 14.2. The van der Waals surface area contributed by atoms with Crippen LogP contribution < -0.4 is 4.74 Å². The van der Waals surface area contributed by atoms with Gasteiger partial charge in [0, 0.05) is 24.1 Å². The second-order valence-corrected chi connectivity index (χ2v) is 5.51. The Hall–Kier alpha value is -2.83. The van der Waals surface area contributed by atoms with E-state index in [1.54, 1.807) is 24.3 Å². The number of alkyl halides is 3. The number of rotatable bonds is 2. The van der Waals surface area contributed by atoms with Crippen LogP contribution in [0.1, 0.15) is 16.8 Å². The van der Waals surface area contributed by atoms with Crippen LogP contribution in [0.25, 0.3) is 22.4 Å². The Bertz CT molecular complexity index is 960. The summed E-state index contributed by atoms with van der Waals surface area (Å²) in [5.41, 5.74) is 2.48. The van der Waals surface area contributed by atoms with Crippen molar-refractivity contribution in [3.8, 4) is 17.1 Å². The first kappa shape index (κ1) is 14.7. The predicted molar refractivity (Wildman–Crippen MR) is 80.8 cm³/mol. The molecule has 0 atom stereocenters. The van der Waals surface area contributed by atoms with E-state index in [9.17, 15) is 18.0 Å². The molecule has 24 heavy (non-hydrogen) atoms. The van der Waals surface area contributed by atoms with Gasteiger partial charge in [0.15, 0.2) is 5.78 Å². The van der Waals surface area contributed by atoms with E-state index in [-0.39, 0.29) is 11.5 Å². The summed E-state index contributed by atoms with van der Waals surface area (Å²) in [6.07, 6.45) is -4.40. The van der Waals surface area contributed by atoms with E-state index in [1.807, 2.05) is 4.57 Å². The molecule has 0 bridgehead atoms. The fourth-order valence-electron chi connectivity index (χ4n) is 3.03. The van der Waals surface area contributed by atoms with Gasteiger partial charge in [-0.25, -0.2) is 4.98 Å². The van der Waals surface area contributed by atoms with E-state index in [4.69, 9.17) is 0 Å². The van der Waals surface area contributed by atoms with Gasteiger partial charge in [-0.1, -0.05) is 18.2 Å². The molecule has 0 N–H and O–H groups in total. The Kier molecular flexibility index (Phi) is 3.13. The number of halogens is 3. The average Bonchev–Trinajstić information content (AvgIpc) is 2.90. The van der Waals surface area contributed by atoms with E-state index in [2.05, 4.69) is 9.72 Å². The molecule has 122 valence electrons. The minimum absolute atomic E-state index is 0.0497. The van der Waals surface area contributed by atoms with Crippen molar-refractivity contribution >= 4 is 16.8 Å². The Balaban J connectivity index is 1.87. The third-order valence-electron chi connectivity index (χ3n) is 3.96. The number of ether oxygens (including phenoxy) is 1. The molecule has 1 aliphatic heterocycles. The molecule has 0 unspecified atom stereocenters. The summed E-state index contributed by atoms with van der Waals surface area (Å²) in [5.74, 6) is 0.276. The highest BCUT2D eigenvalue weighted by atomic mass is 19.4. The summed E-state index contributed by atoms with van der Waals surface area (Å²) in [4.78, 5) is 16.5. The molecule has 0 saturated heterocycles. The first-order chi connectivity index (χ1) is 11.4. The minimum atomic E-state index is -4.75. The molecule has 1 aromatic heterocycles. The van der Waals surface area contributed by atoms with Crippen LogP contribution in [0.4, 0.5) is 13.2 Å². The maximum atomic E-state index is 12.4. The number of aromatic nitrogens is 2. The molecule has 3 aromatic rings. The van der Waals surface area contributed by atoms with Crippen molar-refractivity contribution in [2.75, 3.05) is 0 Å². The van der Waals surface area contributed by atoms with Gasteiger partial charge < -0.3 is 9.30 Å². The number of ketones is 1. The van der Waals surface area contributed by atoms with E-state index >= 15 is 0 Å². The molecule has 4 rings (SSSR count). The van der Waals surface area contributed by atoms with Crippen molar-refractivity contribution in [2.45, 2.75) is 19.3 Å². The van der Waals surface area contributed by atoms with Gasteiger partial charge in [0.25, 0.3) is 0 Å². The molecule has 0 spiro atoms. The van der Waals surface area contributed by atoms with Crippen LogP contribution in [-0.4, -0.2) is 21.7 Å². The van der Waals surface area contributed by atoms with Crippen molar-refractivity contribution in [1.29, 1.82) is 0 Å². The van der Waals surface area contributed by atoms with Crippen molar-refractivity contribution in [3.63, 3.8) is 0 Å². The van der Waals surface area contributed by atoms with Gasteiger partial charge in [0.1, 0.15) is 11.6 Å². The van der Waals surface area contributed by atoms with Crippen LogP contribution in [0.5, 0.6) is 5.75 Å². The van der Waals surface area contributed by atoms with Crippen LogP contribution >= 0.6 is 0 Å². The Morgan fingerprint density at radius 2 is 1.92 bits per heavy atom. The molecule has 2 heterocycles. The fourth-order valence-corrected chi connectivity index (χ4v) is 3.03. The van der Waals surface area contributed by atoms with E-state index in [0.29, 0.717) is 35.4 Å². The van der Waals surface area contributed by atoms with Crippen molar-refractivity contribution in [2.24, 2.45) is 0 Å². The van der Waals surface area contributed by atoms with E-state index < -0.39 is 6.36 Å². The first-order valence-corrected chi connectivity index (χ1v) is 7.31. The molecule has 2 aromatic carbocycles. The standard InChI is InChI=1S/C17H11F3N2O2/c18-17(19,20)24-11-4-1-3-10(9-11)16-21-13-6-2-5-12-14(23)7-8-22(16)15(12)13/h1-6,9H,7-8H2. The molecule has 0 saturated carbocycles. The van der Waals surface area contributed by atoms with E-state index in [0.717, 1.165) is 5.52 Å². The highest BCUT2D eigenvalue weighted by Gasteiger charge is 2.31. The number of para-hydroxylation sites is 1. The zero-order valence-corrected chi connectivity index (χ0v) is 12.3. The molecule has 1 aliphatic rings. The number of carbonyl (C=O) groups is 1. The number of hydrogen-bond donors (Lipinski definition) is 0. The van der Waals surface area contributed by atoms with Gasteiger partial charge in [-0.2, -0.15) is 0 Å². The van der Waals surface area contributed by atoms with Crippen molar-refractivity contribution in [3.05, 3.63) is 48.0 Å². The lowest BCUT2D eigenvalue weighted by atomic mass is 10.0. The summed E-state index contributed by atoms with van der Waals surface area (Å²) in [5, 5.41) is 0. The summed E-state index contributed by atoms with van der Waals surface area (Å²) in [6.45, 7) is 0.450. The Morgan fingerprint density at radius 3 is 2.71 bits per heavy atom. The summed E-state index contributed by atoms with van der Waals surface area (Å²) < 4.78 is 43.1. The SMILES string of the molecule is O=C1CCn2c(-c3cccc(OC(F)(F)F)c3)nc3cccc1c32. The third kappa shape index (κ3) is 2.42. The van der Waals surface area contributed by atoms with Crippen LogP contribution in [0.15, 0.2) is 42.5 Å². The van der Waals surface area contributed by atoms with Gasteiger partial charge in [-0.05, 0) is 24.3 Å². The van der Waals surface area contributed by atoms with Crippen molar-refractivity contribution < 1.29 is 22.7 Å². The Morgan fingerprint density at radius 1 is 1.12 bits per heavy atom. The maximum Gasteiger partial charge on any atom is 0.573 e. The largest absolute Gasteiger partial charge is 0.573 e. The molecule has 0 fully saturated rings. The number of imidazole rings is 1. The molecular formula is C17H11F3N2O2. The number of nitrogens with zero attached hydrogens (tertiary/aromatic N) is 2. The number of hydrogen-bond acceptors (Lipinski definition) is 3. The van der Waals surface area contributed by atoms with Crippen molar-refractivity contribution in [1.82, 2.24) is 9.55 Å². The van der Waals surface area contributed by atoms with E-state index in [1.165, 1.54) is 18.2 Å². The van der Waals surface area contributed by atoms with Crippen LogP contribution in [-0.2, 0) is 6.54 Å². The molecule has 0 radical (unpaired) electrons. The smallest absolute Gasteiger partial charge is 0.406 e. The van der Waals surface area contributed by atoms with Gasteiger partial charge in [0.05, 0.1) is 11.0 Å². The lowest BCUT2D eigenvalue weighted by molar-refractivity contribution is -0.274. The average molecular weight is 332 g/mol. The lowest BCUT2D eigenvalue weighted by Gasteiger charge is -2.16. The zero-order chi connectivity index (χ0) is 16.9. The highest BCUT2D eigenvalue weighted by molar-refractivity contribution is 6.08. The number of Topliss-reactive ketones (excluding diaryl/α,β-unsaturated/α-hetero) is 1. The number of benzene rings is 2. The van der Waals surface area contributed by atoms with Crippen LogP contribution in [0.2, 0.25) is 0 Å². The summed E-state index contributed by atoms with van der Waals surface area (Å²) >= 11 is 0. The van der Waals surface area contributed by atoms with Gasteiger partial charge in [-0.15, -0.1) is 13.2 Å². The number of carbonyl (C=O) groups excluding carboxylic acids is 1. The first-order valence-electron chi connectivity index (χ1n) is 7.31. The second kappa shape index (κ2) is 5.09. The number of aryl methyl sites for hydroxylation is 1. The second-order valence-electron chi connectivity index (χ2n) is 5.51. The lowest BCUT2D eigenvalue weighted by Crippen LogP contribution is -2.17. The van der Waals surface area contributed by atoms with Crippen LogP contribution in [0.3, 0.4) is 0 Å². The molecular weight excluding hydrogens is 321 g/mol. The molecule has 0 aliphatic carbocycles. The Labute approximate surface area is 134 Å². The summed E-state index contributed by atoms with van der Waals surface area (Å²) in [7, 11) is 0.